The fourth-order valence-electron chi connectivity index (χ4n) is 6.90. The van der Waals surface area contributed by atoms with Crippen LogP contribution in [0.5, 0.6) is 0 Å². The van der Waals surface area contributed by atoms with Gasteiger partial charge in [-0.15, -0.1) is 0 Å². The minimum absolute atomic E-state index is 0.132. The Morgan fingerprint density at radius 1 is 0.600 bits per heavy atom. The van der Waals surface area contributed by atoms with Gasteiger partial charge in [0.1, 0.15) is 0 Å². The Morgan fingerprint density at radius 2 is 1.18 bits per heavy atom. The first-order chi connectivity index (χ1) is 18.8. The molecular formula is C36H40BNO2. The van der Waals surface area contributed by atoms with Crippen LogP contribution < -0.4 is 5.46 Å². The molecule has 0 bridgehead atoms. The van der Waals surface area contributed by atoms with Gasteiger partial charge in [0.15, 0.2) is 0 Å². The van der Waals surface area contributed by atoms with Crippen LogP contribution in [0.4, 0.5) is 0 Å². The maximum Gasteiger partial charge on any atom is 0.494 e. The maximum absolute atomic E-state index is 6.54. The molecule has 0 atom stereocenters. The fraction of sp³-hybridized carbons (Fsp3) is 0.389. The minimum atomic E-state index is -0.422. The summed E-state index contributed by atoms with van der Waals surface area (Å²) in [4.78, 5) is 0. The van der Waals surface area contributed by atoms with E-state index >= 15 is 0 Å². The highest BCUT2D eigenvalue weighted by Gasteiger charge is 2.52. The van der Waals surface area contributed by atoms with Gasteiger partial charge in [0.05, 0.1) is 27.9 Å². The topological polar surface area (TPSA) is 23.4 Å². The van der Waals surface area contributed by atoms with Gasteiger partial charge in [-0.25, -0.2) is 0 Å². The molecular weight excluding hydrogens is 489 g/mol. The molecule has 1 aliphatic carbocycles. The lowest BCUT2D eigenvalue weighted by Crippen LogP contribution is -2.41. The quantitative estimate of drug-likeness (QED) is 0.214. The van der Waals surface area contributed by atoms with E-state index in [1.807, 2.05) is 0 Å². The van der Waals surface area contributed by atoms with Gasteiger partial charge in [-0.1, -0.05) is 76.2 Å². The highest BCUT2D eigenvalue weighted by molar-refractivity contribution is 6.62. The van der Waals surface area contributed by atoms with E-state index in [-0.39, 0.29) is 10.8 Å². The van der Waals surface area contributed by atoms with Gasteiger partial charge in [-0.2, -0.15) is 0 Å². The predicted octanol–water partition coefficient (Wildman–Crippen LogP) is 8.59. The number of rotatable bonds is 2. The Bertz CT molecular complexity index is 1810. The summed E-state index contributed by atoms with van der Waals surface area (Å²) in [6, 6.07) is 27.1. The van der Waals surface area contributed by atoms with E-state index in [1.165, 1.54) is 62.2 Å². The van der Waals surface area contributed by atoms with Crippen molar-refractivity contribution in [2.24, 2.45) is 0 Å². The summed E-state index contributed by atoms with van der Waals surface area (Å²) in [6.07, 6.45) is 2.40. The first-order valence-corrected chi connectivity index (χ1v) is 14.8. The number of para-hydroxylation sites is 1. The van der Waals surface area contributed by atoms with Crippen molar-refractivity contribution in [1.82, 2.24) is 4.57 Å². The third-order valence-corrected chi connectivity index (χ3v) is 10.3. The van der Waals surface area contributed by atoms with E-state index in [1.54, 1.807) is 0 Å². The van der Waals surface area contributed by atoms with Gasteiger partial charge >= 0.3 is 7.12 Å². The summed E-state index contributed by atoms with van der Waals surface area (Å²) in [5, 5.41) is 5.03. The molecule has 204 valence electrons. The SMILES string of the molecule is CC1(C)CCC(C)(C)c2cc3c(cc21)c1ccccc1n3-c1cc(B2OC(C)(C)C(C)(C)O2)cc2ccccc12. The molecule has 0 amide bonds. The summed E-state index contributed by atoms with van der Waals surface area (Å²) in [6.45, 7) is 18.1. The van der Waals surface area contributed by atoms with Crippen LogP contribution in [0.2, 0.25) is 0 Å². The monoisotopic (exact) mass is 529 g/mol. The molecule has 0 spiro atoms. The van der Waals surface area contributed by atoms with Crippen LogP contribution in [0.15, 0.2) is 72.8 Å². The first-order valence-electron chi connectivity index (χ1n) is 14.8. The Hall–Kier alpha value is -3.08. The zero-order chi connectivity index (χ0) is 28.2. The van der Waals surface area contributed by atoms with Crippen molar-refractivity contribution < 1.29 is 9.31 Å². The standard InChI is InChI=1S/C36H40BNO2/c1-33(2)17-18-34(3,4)29-22-32-27(21-28(29)33)26-15-11-12-16-30(26)38(32)31-20-24(19-23-13-9-10-14-25(23)31)37-39-35(5,6)36(7,8)40-37/h9-16,19-22H,17-18H2,1-8H3. The van der Waals surface area contributed by atoms with Crippen molar-refractivity contribution in [3.8, 4) is 5.69 Å². The summed E-state index contributed by atoms with van der Waals surface area (Å²) < 4.78 is 15.6. The van der Waals surface area contributed by atoms with E-state index in [9.17, 15) is 0 Å². The number of hydrogen-bond donors (Lipinski definition) is 0. The van der Waals surface area contributed by atoms with Crippen LogP contribution in [-0.4, -0.2) is 22.9 Å². The van der Waals surface area contributed by atoms with Crippen LogP contribution in [-0.2, 0) is 20.1 Å². The molecule has 5 aromatic rings. The van der Waals surface area contributed by atoms with Crippen molar-refractivity contribution in [3.05, 3.63) is 83.9 Å². The largest absolute Gasteiger partial charge is 0.494 e. The first kappa shape index (κ1) is 25.9. The van der Waals surface area contributed by atoms with E-state index in [4.69, 9.17) is 9.31 Å². The zero-order valence-corrected chi connectivity index (χ0v) is 25.2. The maximum atomic E-state index is 6.54. The summed E-state index contributed by atoms with van der Waals surface area (Å²) >= 11 is 0. The third kappa shape index (κ3) is 3.65. The van der Waals surface area contributed by atoms with Crippen molar-refractivity contribution in [1.29, 1.82) is 0 Å². The van der Waals surface area contributed by atoms with Crippen LogP contribution in [0.3, 0.4) is 0 Å². The molecule has 1 aromatic heterocycles. The van der Waals surface area contributed by atoms with Crippen LogP contribution >= 0.6 is 0 Å². The Labute approximate surface area is 238 Å². The fourth-order valence-corrected chi connectivity index (χ4v) is 6.90. The number of nitrogens with zero attached hydrogens (tertiary/aromatic N) is 1. The van der Waals surface area contributed by atoms with E-state index < -0.39 is 18.3 Å². The molecule has 0 saturated carbocycles. The molecule has 0 unspecified atom stereocenters. The number of hydrogen-bond acceptors (Lipinski definition) is 2. The highest BCUT2D eigenvalue weighted by Crippen LogP contribution is 2.48. The summed E-state index contributed by atoms with van der Waals surface area (Å²) in [5.41, 5.74) is 7.19. The van der Waals surface area contributed by atoms with Gasteiger partial charge in [0.25, 0.3) is 0 Å². The second kappa shape index (κ2) is 8.24. The smallest absolute Gasteiger partial charge is 0.399 e. The third-order valence-electron chi connectivity index (χ3n) is 10.3. The van der Waals surface area contributed by atoms with Gasteiger partial charge in [0.2, 0.25) is 0 Å². The molecule has 3 nitrogen and oxygen atoms in total. The molecule has 4 aromatic carbocycles. The molecule has 0 N–H and O–H groups in total. The number of fused-ring (bicyclic) bond motifs is 5. The number of aromatic nitrogens is 1. The average Bonchev–Trinajstić information content (AvgIpc) is 3.34. The van der Waals surface area contributed by atoms with Crippen molar-refractivity contribution >= 4 is 45.2 Å². The highest BCUT2D eigenvalue weighted by atomic mass is 16.7. The molecule has 40 heavy (non-hydrogen) atoms. The van der Waals surface area contributed by atoms with Crippen LogP contribution in [0.25, 0.3) is 38.3 Å². The van der Waals surface area contributed by atoms with Crippen molar-refractivity contribution in [2.45, 2.75) is 90.3 Å². The van der Waals surface area contributed by atoms with Crippen molar-refractivity contribution in [3.63, 3.8) is 0 Å². The van der Waals surface area contributed by atoms with E-state index in [0.717, 1.165) is 5.46 Å². The Kier molecular flexibility index (Phi) is 5.33. The van der Waals surface area contributed by atoms with Crippen LogP contribution in [0, 0.1) is 0 Å². The molecule has 7 rings (SSSR count). The van der Waals surface area contributed by atoms with Crippen LogP contribution in [0.1, 0.15) is 79.4 Å². The van der Waals surface area contributed by atoms with Crippen molar-refractivity contribution in [2.75, 3.05) is 0 Å². The lowest BCUT2D eigenvalue weighted by molar-refractivity contribution is 0.00578. The molecule has 1 saturated heterocycles. The molecule has 2 heterocycles. The zero-order valence-electron chi connectivity index (χ0n) is 25.2. The molecule has 1 fully saturated rings. The van der Waals surface area contributed by atoms with Gasteiger partial charge < -0.3 is 13.9 Å². The lowest BCUT2D eigenvalue weighted by Gasteiger charge is -2.42. The van der Waals surface area contributed by atoms with Gasteiger partial charge in [0, 0.05) is 16.2 Å². The second-order valence-electron chi connectivity index (χ2n) is 14.4. The van der Waals surface area contributed by atoms with E-state index in [2.05, 4.69) is 133 Å². The summed E-state index contributed by atoms with van der Waals surface area (Å²) in [5.74, 6) is 0. The van der Waals surface area contributed by atoms with Gasteiger partial charge in [-0.05, 0) is 97.6 Å². The Balaban J connectivity index is 1.56. The number of benzene rings is 4. The molecule has 4 heteroatoms. The minimum Gasteiger partial charge on any atom is -0.399 e. The van der Waals surface area contributed by atoms with Gasteiger partial charge in [-0.3, -0.25) is 0 Å². The Morgan fingerprint density at radius 3 is 1.85 bits per heavy atom. The lowest BCUT2D eigenvalue weighted by atomic mass is 9.63. The van der Waals surface area contributed by atoms with E-state index in [0.29, 0.717) is 0 Å². The predicted molar refractivity (Wildman–Crippen MR) is 169 cm³/mol. The average molecular weight is 530 g/mol. The molecule has 0 radical (unpaired) electrons. The molecule has 1 aliphatic heterocycles. The normalized spacial score (nSPS) is 20.9. The molecule has 2 aliphatic rings. The summed E-state index contributed by atoms with van der Waals surface area (Å²) in [7, 11) is -0.422. The second-order valence-corrected chi connectivity index (χ2v) is 14.4.